The lowest BCUT2D eigenvalue weighted by atomic mass is 9.85. The molecule has 1 saturated heterocycles. The van der Waals surface area contributed by atoms with Gasteiger partial charge in [-0.3, -0.25) is 9.79 Å². The molecule has 35 heavy (non-hydrogen) atoms. The van der Waals surface area contributed by atoms with Crippen LogP contribution >= 0.6 is 11.6 Å². The Kier molecular flexibility index (Phi) is 7.09. The third-order valence-electron chi connectivity index (χ3n) is 6.45. The second-order valence-electron chi connectivity index (χ2n) is 8.19. The van der Waals surface area contributed by atoms with Crippen LogP contribution < -0.4 is 9.47 Å². The molecular formula is C25H26ClN3O6. The van der Waals surface area contributed by atoms with Crippen LogP contribution in [0, 0.1) is 0 Å². The first-order valence-electron chi connectivity index (χ1n) is 11.1. The Morgan fingerprint density at radius 3 is 2.54 bits per heavy atom. The highest BCUT2D eigenvalue weighted by Crippen LogP contribution is 2.43. The highest BCUT2D eigenvalue weighted by Gasteiger charge is 2.54. The van der Waals surface area contributed by atoms with E-state index in [0.29, 0.717) is 28.5 Å². The Labute approximate surface area is 208 Å². The fraction of sp³-hybridized carbons (Fsp3) is 0.360. The number of aliphatic imine (C=N–C) groups is 1. The normalized spacial score (nSPS) is 23.7. The fourth-order valence-electron chi connectivity index (χ4n) is 4.76. The number of carboxylic acids is 1. The van der Waals surface area contributed by atoms with Crippen molar-refractivity contribution in [2.24, 2.45) is 4.99 Å². The van der Waals surface area contributed by atoms with Gasteiger partial charge in [-0.2, -0.15) is 4.98 Å². The number of rotatable bonds is 7. The molecule has 0 radical (unpaired) electrons. The van der Waals surface area contributed by atoms with Gasteiger partial charge >= 0.3 is 5.97 Å². The molecule has 1 amide bonds. The minimum absolute atomic E-state index is 0.147. The summed E-state index contributed by atoms with van der Waals surface area (Å²) in [6.45, 7) is 0. The molecule has 1 unspecified atom stereocenters. The largest absolute Gasteiger partial charge is 0.481 e. The Morgan fingerprint density at radius 1 is 1.11 bits per heavy atom. The van der Waals surface area contributed by atoms with E-state index in [0.717, 1.165) is 0 Å². The number of amides is 1. The van der Waals surface area contributed by atoms with E-state index in [9.17, 15) is 14.7 Å². The summed E-state index contributed by atoms with van der Waals surface area (Å²) in [5, 5.41) is 10.5. The van der Waals surface area contributed by atoms with E-state index < -0.39 is 29.6 Å². The van der Waals surface area contributed by atoms with Gasteiger partial charge in [0.15, 0.2) is 5.60 Å². The van der Waals surface area contributed by atoms with Crippen molar-refractivity contribution in [2.45, 2.75) is 36.9 Å². The standard InChI is InChI=1S/C25H26ClN3O6/c1-33-20-12-9-16(22(28-20)34-2)21-25(35-3,13-6-14-27-21)24(32)29-18(10-11-19(29)23(30)31)15-7-4-5-8-17(15)26/h4-9,12,14,18-19H,10-11,13H2,1-3H3,(H,30,31)/t18-,19+,25?/m1/s1. The summed E-state index contributed by atoms with van der Waals surface area (Å²) in [6.07, 6.45) is 4.17. The SMILES string of the molecule is COc1ccc(C2=NC=CCC2(OC)C(=O)N2[C@@H](c3ccccc3Cl)CC[C@H]2C(=O)O)c(OC)n1. The Morgan fingerprint density at radius 2 is 1.89 bits per heavy atom. The van der Waals surface area contributed by atoms with Gasteiger partial charge in [0.25, 0.3) is 5.91 Å². The van der Waals surface area contributed by atoms with Crippen molar-refractivity contribution < 1.29 is 28.9 Å². The third kappa shape index (κ3) is 4.26. The van der Waals surface area contributed by atoms with Crippen molar-refractivity contribution in [1.29, 1.82) is 0 Å². The zero-order valence-corrected chi connectivity index (χ0v) is 20.4. The van der Waals surface area contributed by atoms with Gasteiger partial charge < -0.3 is 24.2 Å². The lowest BCUT2D eigenvalue weighted by Gasteiger charge is -2.40. The van der Waals surface area contributed by atoms with Crippen LogP contribution in [-0.4, -0.2) is 65.6 Å². The van der Waals surface area contributed by atoms with Crippen LogP contribution in [0.3, 0.4) is 0 Å². The third-order valence-corrected chi connectivity index (χ3v) is 6.80. The molecule has 9 nitrogen and oxygen atoms in total. The summed E-state index contributed by atoms with van der Waals surface area (Å²) in [6, 6.07) is 8.88. The Bertz CT molecular complexity index is 1200. The number of likely N-dealkylation sites (tertiary alicyclic amines) is 1. The summed E-state index contributed by atoms with van der Waals surface area (Å²) in [5.41, 5.74) is -0.205. The van der Waals surface area contributed by atoms with E-state index in [-0.39, 0.29) is 24.4 Å². The highest BCUT2D eigenvalue weighted by molar-refractivity contribution is 6.31. The number of hydrogen-bond donors (Lipinski definition) is 1. The number of hydrogen-bond acceptors (Lipinski definition) is 7. The first-order valence-corrected chi connectivity index (χ1v) is 11.4. The van der Waals surface area contributed by atoms with Crippen LogP contribution in [-0.2, 0) is 14.3 Å². The number of carboxylic acid groups (broad SMARTS) is 1. The van der Waals surface area contributed by atoms with Crippen molar-refractivity contribution in [2.75, 3.05) is 21.3 Å². The topological polar surface area (TPSA) is 111 Å². The number of halogens is 1. The van der Waals surface area contributed by atoms with E-state index in [4.69, 9.17) is 25.8 Å². The quantitative estimate of drug-likeness (QED) is 0.618. The van der Waals surface area contributed by atoms with Gasteiger partial charge in [0, 0.05) is 30.8 Å². The van der Waals surface area contributed by atoms with E-state index >= 15 is 0 Å². The molecule has 1 aromatic heterocycles. The molecule has 2 aromatic rings. The van der Waals surface area contributed by atoms with Crippen LogP contribution in [0.5, 0.6) is 11.8 Å². The summed E-state index contributed by atoms with van der Waals surface area (Å²) < 4.78 is 16.6. The van der Waals surface area contributed by atoms with Gasteiger partial charge in [-0.1, -0.05) is 35.9 Å². The molecular weight excluding hydrogens is 474 g/mol. The molecule has 0 saturated carbocycles. The van der Waals surface area contributed by atoms with Crippen LogP contribution in [0.1, 0.15) is 36.4 Å². The molecule has 2 aliphatic rings. The summed E-state index contributed by atoms with van der Waals surface area (Å²) >= 11 is 6.46. The number of pyridine rings is 1. The predicted octanol–water partition coefficient (Wildman–Crippen LogP) is 3.66. The zero-order chi connectivity index (χ0) is 25.2. The number of carbonyl (C=O) groups excluding carboxylic acids is 1. The average molecular weight is 500 g/mol. The van der Waals surface area contributed by atoms with Crippen molar-refractivity contribution >= 4 is 29.2 Å². The molecule has 1 aromatic carbocycles. The molecule has 184 valence electrons. The first kappa shape index (κ1) is 24.7. The maximum absolute atomic E-state index is 14.4. The van der Waals surface area contributed by atoms with Gasteiger partial charge in [0.05, 0.1) is 31.5 Å². The van der Waals surface area contributed by atoms with Gasteiger partial charge in [-0.05, 0) is 30.5 Å². The van der Waals surface area contributed by atoms with Crippen molar-refractivity contribution in [3.05, 3.63) is 64.8 Å². The van der Waals surface area contributed by atoms with Crippen LogP contribution in [0.4, 0.5) is 0 Å². The monoisotopic (exact) mass is 499 g/mol. The van der Waals surface area contributed by atoms with Gasteiger partial charge in [-0.25, -0.2) is 4.79 Å². The smallest absolute Gasteiger partial charge is 0.326 e. The summed E-state index contributed by atoms with van der Waals surface area (Å²) in [7, 11) is 4.35. The fourth-order valence-corrected chi connectivity index (χ4v) is 5.02. The molecule has 0 bridgehead atoms. The van der Waals surface area contributed by atoms with Crippen molar-refractivity contribution in [3.8, 4) is 11.8 Å². The minimum Gasteiger partial charge on any atom is -0.481 e. The molecule has 1 fully saturated rings. The maximum Gasteiger partial charge on any atom is 0.326 e. The van der Waals surface area contributed by atoms with E-state index in [1.54, 1.807) is 36.5 Å². The summed E-state index contributed by atoms with van der Waals surface area (Å²) in [5.74, 6) is -1.08. The zero-order valence-electron chi connectivity index (χ0n) is 19.6. The van der Waals surface area contributed by atoms with Crippen molar-refractivity contribution in [1.82, 2.24) is 9.88 Å². The molecule has 1 N–H and O–H groups in total. The molecule has 10 heteroatoms. The first-order chi connectivity index (χ1) is 16.9. The highest BCUT2D eigenvalue weighted by atomic mass is 35.5. The number of benzene rings is 1. The maximum atomic E-state index is 14.4. The molecule has 3 atom stereocenters. The average Bonchev–Trinajstić information content (AvgIpc) is 3.33. The second kappa shape index (κ2) is 10.1. The number of aromatic nitrogens is 1. The summed E-state index contributed by atoms with van der Waals surface area (Å²) in [4.78, 5) is 36.8. The lowest BCUT2D eigenvalue weighted by Crippen LogP contribution is -2.58. The second-order valence-corrected chi connectivity index (χ2v) is 8.60. The van der Waals surface area contributed by atoms with Gasteiger partial charge in [-0.15, -0.1) is 0 Å². The Hall–Kier alpha value is -3.43. The van der Waals surface area contributed by atoms with E-state index in [2.05, 4.69) is 9.98 Å². The molecule has 0 aliphatic carbocycles. The number of ether oxygens (including phenoxy) is 3. The Balaban J connectivity index is 1.84. The lowest BCUT2D eigenvalue weighted by molar-refractivity contribution is -0.158. The van der Waals surface area contributed by atoms with Crippen molar-refractivity contribution in [3.63, 3.8) is 0 Å². The predicted molar refractivity (Wildman–Crippen MR) is 129 cm³/mol. The minimum atomic E-state index is -1.60. The molecule has 2 aliphatic heterocycles. The van der Waals surface area contributed by atoms with E-state index in [1.807, 2.05) is 12.1 Å². The van der Waals surface area contributed by atoms with Gasteiger partial charge in [0.1, 0.15) is 6.04 Å². The van der Waals surface area contributed by atoms with Crippen LogP contribution in [0.2, 0.25) is 5.02 Å². The molecule has 0 spiro atoms. The van der Waals surface area contributed by atoms with E-state index in [1.165, 1.54) is 26.2 Å². The molecule has 3 heterocycles. The number of methoxy groups -OCH3 is 3. The molecule has 4 rings (SSSR count). The number of aliphatic carboxylic acids is 1. The number of nitrogens with zero attached hydrogens (tertiary/aromatic N) is 3. The van der Waals surface area contributed by atoms with Crippen LogP contribution in [0.15, 0.2) is 53.7 Å². The number of carbonyl (C=O) groups is 2. The van der Waals surface area contributed by atoms with Crippen LogP contribution in [0.25, 0.3) is 0 Å². The van der Waals surface area contributed by atoms with Gasteiger partial charge in [0.2, 0.25) is 11.8 Å².